The Morgan fingerprint density at radius 3 is 2.54 bits per heavy atom. The minimum Gasteiger partial charge on any atom is -0.335 e. The Bertz CT molecular complexity index is 514. The Labute approximate surface area is 69.6 Å². The van der Waals surface area contributed by atoms with Gasteiger partial charge in [-0.1, -0.05) is 0 Å². The van der Waals surface area contributed by atoms with E-state index in [1.54, 1.807) is 0 Å². The second-order valence-electron chi connectivity index (χ2n) is 2.08. The smallest absolute Gasteiger partial charge is 0.335 e. The lowest BCUT2D eigenvalue weighted by atomic mass is 10.6. The Balaban J connectivity index is 3.03. The molecule has 7 nitrogen and oxygen atoms in total. The maximum atomic E-state index is 10.8. The molecule has 0 radical (unpaired) electrons. The Hall–Kier alpha value is -2.18. The molecule has 2 aromatic heterocycles. The van der Waals surface area contributed by atoms with Gasteiger partial charge >= 0.3 is 11.3 Å². The average molecular weight is 184 g/mol. The van der Waals surface area contributed by atoms with Gasteiger partial charge in [0.1, 0.15) is 12.5 Å². The number of hydrogen-bond donors (Lipinski definition) is 0. The fourth-order valence-corrected chi connectivity index (χ4v) is 0.724. The molecule has 0 bridgehead atoms. The van der Waals surface area contributed by atoms with Gasteiger partial charge in [0, 0.05) is 12.1 Å². The molecule has 68 valence electrons. The molecule has 0 aromatic carbocycles. The lowest BCUT2D eigenvalue weighted by Gasteiger charge is -1.84. The van der Waals surface area contributed by atoms with Crippen LogP contribution in [-0.2, 0) is 0 Å². The molecule has 0 saturated carbocycles. The zero-order valence-electron chi connectivity index (χ0n) is 6.25. The second-order valence-corrected chi connectivity index (χ2v) is 2.08. The Kier molecular flexibility index (Phi) is 1.55. The van der Waals surface area contributed by atoms with Crippen molar-refractivity contribution in [2.75, 3.05) is 0 Å². The summed E-state index contributed by atoms with van der Waals surface area (Å²) in [6.45, 7) is 0. The summed E-state index contributed by atoms with van der Waals surface area (Å²) in [7, 11) is 0. The van der Waals surface area contributed by atoms with Crippen LogP contribution in [0.2, 0.25) is 0 Å². The molecule has 0 spiro atoms. The monoisotopic (exact) mass is 184 g/mol. The normalized spacial score (nSPS) is 10.2. The van der Waals surface area contributed by atoms with E-state index in [1.807, 2.05) is 0 Å². The van der Waals surface area contributed by atoms with Gasteiger partial charge in [-0.2, -0.15) is 0 Å². The third-order valence-corrected chi connectivity index (χ3v) is 1.21. The van der Waals surface area contributed by atoms with E-state index >= 15 is 0 Å². The fraction of sp³-hybridized carbons (Fsp3) is 0. The molecule has 0 aliphatic heterocycles. The molecule has 0 aliphatic carbocycles. The molecule has 0 fully saturated rings. The summed E-state index contributed by atoms with van der Waals surface area (Å²) < 4.78 is 14.6. The highest BCUT2D eigenvalue weighted by molar-refractivity contribution is 4.77. The molecule has 0 unspecified atom stereocenters. The number of nitrogens with zero attached hydrogens (tertiary/aromatic N) is 2. The maximum Gasteiger partial charge on any atom is 0.362 e. The minimum absolute atomic E-state index is 0.629. The van der Waals surface area contributed by atoms with Gasteiger partial charge in [-0.05, 0) is 4.69 Å². The van der Waals surface area contributed by atoms with E-state index < -0.39 is 11.3 Å². The lowest BCUT2D eigenvalue weighted by Crippen LogP contribution is -2.07. The fourth-order valence-electron chi connectivity index (χ4n) is 0.724. The quantitative estimate of drug-likeness (QED) is 0.559. The van der Waals surface area contributed by atoms with Gasteiger partial charge in [0.25, 0.3) is 0 Å². The molecule has 2 aromatic rings. The second kappa shape index (κ2) is 2.70. The van der Waals surface area contributed by atoms with Gasteiger partial charge in [-0.25, -0.2) is 9.59 Å². The molecule has 0 saturated heterocycles. The van der Waals surface area contributed by atoms with E-state index in [4.69, 9.17) is 0 Å². The first-order chi connectivity index (χ1) is 6.25. The Morgan fingerprint density at radius 2 is 1.77 bits per heavy atom. The van der Waals surface area contributed by atoms with Crippen LogP contribution in [0.15, 0.2) is 47.8 Å². The van der Waals surface area contributed by atoms with Crippen LogP contribution in [0, 0.1) is 0 Å². The number of hydrogen-bond acceptors (Lipinski definition) is 5. The molecule has 0 amide bonds. The van der Waals surface area contributed by atoms with Crippen molar-refractivity contribution >= 4 is 0 Å². The third-order valence-electron chi connectivity index (χ3n) is 1.21. The van der Waals surface area contributed by atoms with E-state index in [-0.39, 0.29) is 0 Å². The van der Waals surface area contributed by atoms with Gasteiger partial charge in [0.05, 0.1) is 4.86 Å². The van der Waals surface area contributed by atoms with Crippen molar-refractivity contribution in [3.63, 3.8) is 0 Å². The van der Waals surface area contributed by atoms with Gasteiger partial charge in [-0.3, -0.25) is 4.52 Å². The van der Waals surface area contributed by atoms with E-state index in [2.05, 4.69) is 13.6 Å². The summed E-state index contributed by atoms with van der Waals surface area (Å²) in [5, 5.41) is 0. The summed E-state index contributed by atoms with van der Waals surface area (Å²) in [6.07, 6.45) is 2.45. The van der Waals surface area contributed by atoms with Gasteiger partial charge in [0.15, 0.2) is 0 Å². The van der Waals surface area contributed by atoms with Crippen LogP contribution in [0.25, 0.3) is 0 Å². The molecule has 13 heavy (non-hydrogen) atoms. The molecule has 2 rings (SSSR count). The standard InChI is InChI=1S/C6H4N2O5/c9-5-1-2-6(10)13-8-7(12-5)3-4-11-8/h1-4H. The van der Waals surface area contributed by atoms with E-state index in [9.17, 15) is 9.59 Å². The van der Waals surface area contributed by atoms with Crippen LogP contribution in [-0.4, -0.2) is 9.55 Å². The summed E-state index contributed by atoms with van der Waals surface area (Å²) in [5.74, 6) is 0. The average Bonchev–Trinajstić information content (AvgIpc) is 2.47. The van der Waals surface area contributed by atoms with Crippen LogP contribution in [0.3, 0.4) is 0 Å². The molecular weight excluding hydrogens is 180 g/mol. The predicted molar refractivity (Wildman–Crippen MR) is 37.8 cm³/mol. The molecule has 0 N–H and O–H groups in total. The SMILES string of the molecule is O=c1ccc(=O)on2occn2o1. The van der Waals surface area contributed by atoms with Gasteiger partial charge < -0.3 is 9.05 Å². The van der Waals surface area contributed by atoms with Crippen molar-refractivity contribution in [1.29, 1.82) is 0 Å². The molecule has 0 aliphatic rings. The summed E-state index contributed by atoms with van der Waals surface area (Å²) in [5.41, 5.74) is -1.43. The van der Waals surface area contributed by atoms with Gasteiger partial charge in [0.2, 0.25) is 0 Å². The van der Waals surface area contributed by atoms with Gasteiger partial charge in [-0.15, -0.1) is 0 Å². The summed E-state index contributed by atoms with van der Waals surface area (Å²) in [6, 6.07) is 1.88. The van der Waals surface area contributed by atoms with Crippen LogP contribution in [0.1, 0.15) is 0 Å². The highest BCUT2D eigenvalue weighted by Gasteiger charge is 1.92. The van der Waals surface area contributed by atoms with Crippen molar-refractivity contribution in [1.82, 2.24) is 9.55 Å². The van der Waals surface area contributed by atoms with Crippen LogP contribution < -0.4 is 11.3 Å². The van der Waals surface area contributed by atoms with Crippen LogP contribution in [0.4, 0.5) is 0 Å². The molecule has 2 heterocycles. The highest BCUT2D eigenvalue weighted by atomic mass is 16.8. The Morgan fingerprint density at radius 1 is 1.08 bits per heavy atom. The molecular formula is C6H4N2O5. The van der Waals surface area contributed by atoms with Crippen molar-refractivity contribution in [2.45, 2.75) is 0 Å². The van der Waals surface area contributed by atoms with E-state index in [0.29, 0.717) is 4.86 Å². The first-order valence-electron chi connectivity index (χ1n) is 3.30. The zero-order valence-corrected chi connectivity index (χ0v) is 6.25. The first-order valence-corrected chi connectivity index (χ1v) is 3.30. The summed E-state index contributed by atoms with van der Waals surface area (Å²) >= 11 is 0. The maximum absolute atomic E-state index is 10.8. The number of aromatic nitrogens is 2. The number of rotatable bonds is 0. The van der Waals surface area contributed by atoms with E-state index in [0.717, 1.165) is 16.8 Å². The largest absolute Gasteiger partial charge is 0.362 e. The van der Waals surface area contributed by atoms with Crippen molar-refractivity contribution in [2.24, 2.45) is 0 Å². The first kappa shape index (κ1) is 7.47. The van der Waals surface area contributed by atoms with Crippen molar-refractivity contribution < 1.29 is 13.6 Å². The zero-order chi connectivity index (χ0) is 9.26. The minimum atomic E-state index is -0.731. The van der Waals surface area contributed by atoms with Crippen molar-refractivity contribution in [3.8, 4) is 0 Å². The molecule has 7 heteroatoms. The van der Waals surface area contributed by atoms with E-state index in [1.165, 1.54) is 12.5 Å². The topological polar surface area (TPSA) is 82.4 Å². The van der Waals surface area contributed by atoms with Crippen LogP contribution >= 0.6 is 0 Å². The number of fused-ring (bicyclic) bond motifs is 1. The molecule has 0 atom stereocenters. The lowest BCUT2D eigenvalue weighted by molar-refractivity contribution is 0.0362. The summed E-state index contributed by atoms with van der Waals surface area (Å²) in [4.78, 5) is 22.3. The predicted octanol–water partition coefficient (Wildman–Crippen LogP) is -0.337. The van der Waals surface area contributed by atoms with Crippen molar-refractivity contribution in [3.05, 3.63) is 45.4 Å². The van der Waals surface area contributed by atoms with Crippen LogP contribution in [0.5, 0.6) is 0 Å². The highest BCUT2D eigenvalue weighted by Crippen LogP contribution is 1.82. The third kappa shape index (κ3) is 1.39.